The maximum absolute atomic E-state index is 11.8. The molecule has 6 heteroatoms. The first-order valence-electron chi connectivity index (χ1n) is 6.98. The molecule has 0 atom stereocenters. The van der Waals surface area contributed by atoms with E-state index >= 15 is 0 Å². The van der Waals surface area contributed by atoms with Crippen LogP contribution in [0, 0.1) is 0 Å². The Morgan fingerprint density at radius 2 is 2.05 bits per heavy atom. The molecule has 1 N–H and O–H groups in total. The lowest BCUT2D eigenvalue weighted by molar-refractivity contribution is -0.121. The summed E-state index contributed by atoms with van der Waals surface area (Å²) >= 11 is 1.55. The molecular formula is C16H15N3O2S. The Labute approximate surface area is 132 Å². The van der Waals surface area contributed by atoms with E-state index in [-0.39, 0.29) is 12.5 Å². The maximum atomic E-state index is 11.8. The number of rotatable bonds is 6. The third-order valence-electron chi connectivity index (χ3n) is 3.13. The first kappa shape index (κ1) is 14.5. The molecular weight excluding hydrogens is 298 g/mol. The number of hydrogen-bond donors (Lipinski definition) is 1. The van der Waals surface area contributed by atoms with Gasteiger partial charge in [0.25, 0.3) is 0 Å². The maximum Gasteiger partial charge on any atom is 0.246 e. The number of aryl methyl sites for hydroxylation is 1. The fourth-order valence-electron chi connectivity index (χ4n) is 2.00. The molecule has 1 aromatic carbocycles. The molecule has 0 aliphatic rings. The number of carbonyl (C=O) groups excluding carboxylic acids is 1. The molecule has 5 nitrogen and oxygen atoms in total. The molecule has 0 aliphatic heterocycles. The third kappa shape index (κ3) is 3.79. The molecule has 0 spiro atoms. The van der Waals surface area contributed by atoms with E-state index in [9.17, 15) is 4.79 Å². The number of amides is 1. The molecule has 2 aromatic heterocycles. The highest BCUT2D eigenvalue weighted by atomic mass is 32.1. The third-order valence-corrected chi connectivity index (χ3v) is 4.00. The quantitative estimate of drug-likeness (QED) is 0.759. The summed E-state index contributed by atoms with van der Waals surface area (Å²) in [4.78, 5) is 17.0. The molecule has 1 amide bonds. The van der Waals surface area contributed by atoms with Crippen LogP contribution >= 0.6 is 11.3 Å². The van der Waals surface area contributed by atoms with E-state index in [2.05, 4.69) is 15.5 Å². The highest BCUT2D eigenvalue weighted by Gasteiger charge is 2.10. The fourth-order valence-corrected chi connectivity index (χ4v) is 2.65. The SMILES string of the molecule is O=C(CCc1ccccc1)NCc1nc(-c2cccs2)no1. The average Bonchev–Trinajstić information content (AvgIpc) is 3.22. The van der Waals surface area contributed by atoms with E-state index in [1.54, 1.807) is 11.3 Å². The Balaban J connectivity index is 1.47. The summed E-state index contributed by atoms with van der Waals surface area (Å²) in [6.07, 6.45) is 1.16. The van der Waals surface area contributed by atoms with Crippen molar-refractivity contribution in [1.82, 2.24) is 15.5 Å². The van der Waals surface area contributed by atoms with Gasteiger partial charge in [0, 0.05) is 6.42 Å². The second-order valence-electron chi connectivity index (χ2n) is 4.75. The van der Waals surface area contributed by atoms with Gasteiger partial charge in [-0.2, -0.15) is 4.98 Å². The zero-order valence-electron chi connectivity index (χ0n) is 11.9. The first-order chi connectivity index (χ1) is 10.8. The van der Waals surface area contributed by atoms with Crippen LogP contribution in [0.25, 0.3) is 10.7 Å². The Morgan fingerprint density at radius 3 is 2.82 bits per heavy atom. The standard InChI is InChI=1S/C16H15N3O2S/c20-14(9-8-12-5-2-1-3-6-12)17-11-15-18-16(19-21-15)13-7-4-10-22-13/h1-7,10H,8-9,11H2,(H,17,20). The summed E-state index contributed by atoms with van der Waals surface area (Å²) in [5, 5.41) is 8.65. The van der Waals surface area contributed by atoms with Gasteiger partial charge < -0.3 is 9.84 Å². The van der Waals surface area contributed by atoms with Crippen molar-refractivity contribution < 1.29 is 9.32 Å². The largest absolute Gasteiger partial charge is 0.347 e. The van der Waals surface area contributed by atoms with Crippen LogP contribution in [-0.2, 0) is 17.8 Å². The van der Waals surface area contributed by atoms with E-state index in [0.29, 0.717) is 18.1 Å². The van der Waals surface area contributed by atoms with E-state index in [0.717, 1.165) is 16.9 Å². The monoisotopic (exact) mass is 313 g/mol. The highest BCUT2D eigenvalue weighted by Crippen LogP contribution is 2.21. The molecule has 0 aliphatic carbocycles. The Hall–Kier alpha value is -2.47. The lowest BCUT2D eigenvalue weighted by Gasteiger charge is -2.02. The van der Waals surface area contributed by atoms with E-state index in [1.807, 2.05) is 47.8 Å². The van der Waals surface area contributed by atoms with Crippen molar-refractivity contribution in [2.45, 2.75) is 19.4 Å². The molecule has 112 valence electrons. The summed E-state index contributed by atoms with van der Waals surface area (Å²) in [7, 11) is 0. The lowest BCUT2D eigenvalue weighted by Crippen LogP contribution is -2.23. The summed E-state index contributed by atoms with van der Waals surface area (Å²) < 4.78 is 5.13. The predicted molar refractivity (Wildman–Crippen MR) is 84.2 cm³/mol. The number of nitrogens with zero attached hydrogens (tertiary/aromatic N) is 2. The van der Waals surface area contributed by atoms with Crippen molar-refractivity contribution in [1.29, 1.82) is 0 Å². The van der Waals surface area contributed by atoms with Crippen molar-refractivity contribution in [2.24, 2.45) is 0 Å². The van der Waals surface area contributed by atoms with E-state index < -0.39 is 0 Å². The predicted octanol–water partition coefficient (Wildman–Crippen LogP) is 3.05. The number of thiophene rings is 1. The van der Waals surface area contributed by atoms with E-state index in [1.165, 1.54) is 0 Å². The van der Waals surface area contributed by atoms with Crippen molar-refractivity contribution >= 4 is 17.2 Å². The molecule has 0 radical (unpaired) electrons. The molecule has 0 saturated carbocycles. The van der Waals surface area contributed by atoms with E-state index in [4.69, 9.17) is 4.52 Å². The fraction of sp³-hybridized carbons (Fsp3) is 0.188. The molecule has 0 unspecified atom stereocenters. The summed E-state index contributed by atoms with van der Waals surface area (Å²) in [6, 6.07) is 13.8. The zero-order valence-corrected chi connectivity index (χ0v) is 12.7. The number of carbonyl (C=O) groups is 1. The summed E-state index contributed by atoms with van der Waals surface area (Å²) in [5.74, 6) is 0.944. The van der Waals surface area contributed by atoms with Crippen molar-refractivity contribution in [3.05, 3.63) is 59.3 Å². The minimum atomic E-state index is -0.0280. The van der Waals surface area contributed by atoms with Crippen LogP contribution in [0.1, 0.15) is 17.9 Å². The normalized spacial score (nSPS) is 10.5. The van der Waals surface area contributed by atoms with Gasteiger partial charge in [0.05, 0.1) is 11.4 Å². The van der Waals surface area contributed by atoms with Crippen LogP contribution in [0.15, 0.2) is 52.4 Å². The molecule has 2 heterocycles. The molecule has 0 fully saturated rings. The number of aromatic nitrogens is 2. The highest BCUT2D eigenvalue weighted by molar-refractivity contribution is 7.13. The summed E-state index contributed by atoms with van der Waals surface area (Å²) in [6.45, 7) is 0.256. The Morgan fingerprint density at radius 1 is 1.18 bits per heavy atom. The Bertz CT molecular complexity index is 723. The van der Waals surface area contributed by atoms with Crippen LogP contribution in [-0.4, -0.2) is 16.0 Å². The lowest BCUT2D eigenvalue weighted by atomic mass is 10.1. The second kappa shape index (κ2) is 7.00. The van der Waals surface area contributed by atoms with Crippen molar-refractivity contribution in [3.8, 4) is 10.7 Å². The first-order valence-corrected chi connectivity index (χ1v) is 7.86. The zero-order chi connectivity index (χ0) is 15.2. The van der Waals surface area contributed by atoms with Gasteiger partial charge in [0.15, 0.2) is 0 Å². The van der Waals surface area contributed by atoms with Gasteiger partial charge in [0.1, 0.15) is 0 Å². The summed E-state index contributed by atoms with van der Waals surface area (Å²) in [5.41, 5.74) is 1.15. The van der Waals surface area contributed by atoms with Crippen LogP contribution < -0.4 is 5.32 Å². The topological polar surface area (TPSA) is 68.0 Å². The molecule has 0 bridgehead atoms. The minimum Gasteiger partial charge on any atom is -0.347 e. The van der Waals surface area contributed by atoms with Crippen LogP contribution in [0.2, 0.25) is 0 Å². The van der Waals surface area contributed by atoms with Gasteiger partial charge in [0.2, 0.25) is 17.6 Å². The van der Waals surface area contributed by atoms with Gasteiger partial charge in [-0.3, -0.25) is 4.79 Å². The smallest absolute Gasteiger partial charge is 0.246 e. The van der Waals surface area contributed by atoms with Crippen LogP contribution in [0.4, 0.5) is 0 Å². The van der Waals surface area contributed by atoms with Gasteiger partial charge in [-0.15, -0.1) is 11.3 Å². The number of hydrogen-bond acceptors (Lipinski definition) is 5. The average molecular weight is 313 g/mol. The van der Waals surface area contributed by atoms with Crippen LogP contribution in [0.5, 0.6) is 0 Å². The molecule has 3 aromatic rings. The number of benzene rings is 1. The van der Waals surface area contributed by atoms with Gasteiger partial charge in [-0.25, -0.2) is 0 Å². The molecule has 22 heavy (non-hydrogen) atoms. The molecule has 3 rings (SSSR count). The van der Waals surface area contributed by atoms with Gasteiger partial charge >= 0.3 is 0 Å². The number of nitrogens with one attached hydrogen (secondary N) is 1. The molecule has 0 saturated heterocycles. The van der Waals surface area contributed by atoms with Gasteiger partial charge in [-0.05, 0) is 23.4 Å². The van der Waals surface area contributed by atoms with Crippen molar-refractivity contribution in [3.63, 3.8) is 0 Å². The van der Waals surface area contributed by atoms with Crippen LogP contribution in [0.3, 0.4) is 0 Å². The minimum absolute atomic E-state index is 0.0280. The van der Waals surface area contributed by atoms with Crippen molar-refractivity contribution in [2.75, 3.05) is 0 Å². The van der Waals surface area contributed by atoms with Gasteiger partial charge in [-0.1, -0.05) is 41.6 Å². The Kier molecular flexibility index (Phi) is 4.60. The second-order valence-corrected chi connectivity index (χ2v) is 5.70.